The minimum absolute atomic E-state index is 0.446. The highest BCUT2D eigenvalue weighted by atomic mass is 32.1. The van der Waals surface area contributed by atoms with Crippen LogP contribution < -0.4 is 5.32 Å². The molecule has 3 aromatic heterocycles. The number of carbonyl (C=O) groups is 1. The Morgan fingerprint density at radius 1 is 1.40 bits per heavy atom. The molecule has 0 aromatic carbocycles. The van der Waals surface area contributed by atoms with Gasteiger partial charge in [0, 0.05) is 16.6 Å². The van der Waals surface area contributed by atoms with Gasteiger partial charge in [0.05, 0.1) is 5.52 Å². The topological polar surface area (TPSA) is 68.5 Å². The first-order valence-corrected chi connectivity index (χ1v) is 9.15. The minimum Gasteiger partial charge on any atom is -0.444 e. The molecule has 6 nitrogen and oxygen atoms in total. The number of anilines is 1. The Morgan fingerprint density at radius 2 is 2.20 bits per heavy atom. The summed E-state index contributed by atoms with van der Waals surface area (Å²) in [6.07, 6.45) is 5.38. The van der Waals surface area contributed by atoms with Crippen LogP contribution in [0.3, 0.4) is 0 Å². The summed E-state index contributed by atoms with van der Waals surface area (Å²) in [7, 11) is 0. The second-order valence-corrected chi connectivity index (χ2v) is 8.32. The first kappa shape index (κ1) is 16.1. The van der Waals surface area contributed by atoms with E-state index in [2.05, 4.69) is 21.5 Å². The monoisotopic (exact) mass is 356 g/mol. The smallest absolute Gasteiger partial charge is 0.412 e. The fourth-order valence-corrected chi connectivity index (χ4v) is 3.93. The summed E-state index contributed by atoms with van der Waals surface area (Å²) in [5.41, 5.74) is 2.11. The third-order valence-electron chi connectivity index (χ3n) is 3.93. The number of amides is 1. The number of rotatable bonds is 3. The molecule has 1 aliphatic carbocycles. The van der Waals surface area contributed by atoms with Crippen LogP contribution in [0.5, 0.6) is 0 Å². The van der Waals surface area contributed by atoms with Crippen molar-refractivity contribution in [2.75, 3.05) is 5.32 Å². The lowest BCUT2D eigenvalue weighted by molar-refractivity contribution is 0.0636. The number of ether oxygens (including phenoxy) is 1. The highest BCUT2D eigenvalue weighted by Gasteiger charge is 2.29. The first-order chi connectivity index (χ1) is 11.9. The van der Waals surface area contributed by atoms with Crippen molar-refractivity contribution in [1.82, 2.24) is 14.6 Å². The second-order valence-electron chi connectivity index (χ2n) is 7.24. The Morgan fingerprint density at radius 3 is 2.92 bits per heavy atom. The molecule has 1 saturated carbocycles. The van der Waals surface area contributed by atoms with Crippen molar-refractivity contribution in [3.63, 3.8) is 0 Å². The molecule has 25 heavy (non-hydrogen) atoms. The molecular formula is C18H20N4O2S. The molecule has 7 heteroatoms. The van der Waals surface area contributed by atoms with E-state index in [1.165, 1.54) is 24.0 Å². The summed E-state index contributed by atoms with van der Waals surface area (Å²) in [5.74, 6) is 0.600. The van der Waals surface area contributed by atoms with Crippen LogP contribution in [0.4, 0.5) is 9.80 Å². The van der Waals surface area contributed by atoms with Gasteiger partial charge in [0.1, 0.15) is 22.6 Å². The number of aromatic nitrogens is 3. The van der Waals surface area contributed by atoms with Crippen molar-refractivity contribution in [2.45, 2.75) is 45.1 Å². The first-order valence-electron chi connectivity index (χ1n) is 8.33. The van der Waals surface area contributed by atoms with Gasteiger partial charge in [-0.3, -0.25) is 5.32 Å². The third-order valence-corrected chi connectivity index (χ3v) is 5.15. The highest BCUT2D eigenvalue weighted by molar-refractivity contribution is 7.17. The average Bonchev–Trinajstić information content (AvgIpc) is 3.11. The summed E-state index contributed by atoms with van der Waals surface area (Å²) >= 11 is 1.61. The van der Waals surface area contributed by atoms with Crippen LogP contribution >= 0.6 is 11.3 Å². The maximum absolute atomic E-state index is 12.3. The van der Waals surface area contributed by atoms with Gasteiger partial charge in [-0.05, 0) is 57.7 Å². The molecular weight excluding hydrogens is 336 g/mol. The van der Waals surface area contributed by atoms with Gasteiger partial charge in [-0.2, -0.15) is 5.10 Å². The van der Waals surface area contributed by atoms with E-state index in [0.717, 1.165) is 21.8 Å². The molecule has 130 valence electrons. The Kier molecular flexibility index (Phi) is 3.76. The van der Waals surface area contributed by atoms with Gasteiger partial charge < -0.3 is 4.74 Å². The van der Waals surface area contributed by atoms with Gasteiger partial charge in [-0.1, -0.05) is 0 Å². The average molecular weight is 356 g/mol. The number of carbonyl (C=O) groups excluding carboxylic acids is 1. The predicted octanol–water partition coefficient (Wildman–Crippen LogP) is 4.68. The molecule has 0 atom stereocenters. The molecule has 0 saturated heterocycles. The van der Waals surface area contributed by atoms with Gasteiger partial charge >= 0.3 is 6.09 Å². The molecule has 1 amide bonds. The van der Waals surface area contributed by atoms with Crippen LogP contribution in [0, 0.1) is 0 Å². The quantitative estimate of drug-likeness (QED) is 0.740. The van der Waals surface area contributed by atoms with Crippen molar-refractivity contribution >= 4 is 27.9 Å². The van der Waals surface area contributed by atoms with Crippen LogP contribution in [0.1, 0.15) is 44.4 Å². The zero-order valence-electron chi connectivity index (χ0n) is 14.4. The van der Waals surface area contributed by atoms with Gasteiger partial charge in [0.2, 0.25) is 0 Å². The molecule has 1 fully saturated rings. The van der Waals surface area contributed by atoms with Crippen molar-refractivity contribution in [2.24, 2.45) is 0 Å². The summed E-state index contributed by atoms with van der Waals surface area (Å²) in [5, 5.41) is 7.91. The SMILES string of the molecule is CC(C)(C)OC(=O)Nc1sc(C2CC2)cc1-c1ncnn2cccc12. The number of hydrogen-bond acceptors (Lipinski definition) is 5. The fraction of sp³-hybridized carbons (Fsp3) is 0.389. The molecule has 4 rings (SSSR count). The van der Waals surface area contributed by atoms with E-state index in [1.54, 1.807) is 15.9 Å². The Bertz CT molecular complexity index is 934. The molecule has 0 bridgehead atoms. The van der Waals surface area contributed by atoms with Crippen LogP contribution in [-0.4, -0.2) is 26.3 Å². The van der Waals surface area contributed by atoms with E-state index < -0.39 is 11.7 Å². The van der Waals surface area contributed by atoms with Crippen molar-refractivity contribution in [1.29, 1.82) is 0 Å². The molecule has 0 unspecified atom stereocenters. The van der Waals surface area contributed by atoms with E-state index in [0.29, 0.717) is 5.92 Å². The zero-order chi connectivity index (χ0) is 17.6. The molecule has 0 radical (unpaired) electrons. The van der Waals surface area contributed by atoms with Crippen LogP contribution in [-0.2, 0) is 4.74 Å². The maximum atomic E-state index is 12.3. The van der Waals surface area contributed by atoms with Crippen LogP contribution in [0.2, 0.25) is 0 Å². The Labute approximate surface area is 149 Å². The van der Waals surface area contributed by atoms with Gasteiger partial charge in [0.25, 0.3) is 0 Å². The third kappa shape index (κ3) is 3.37. The molecule has 0 spiro atoms. The van der Waals surface area contributed by atoms with Gasteiger partial charge in [-0.25, -0.2) is 14.3 Å². The van der Waals surface area contributed by atoms with Crippen molar-refractivity contribution in [3.05, 3.63) is 35.6 Å². The van der Waals surface area contributed by atoms with E-state index >= 15 is 0 Å². The van der Waals surface area contributed by atoms with E-state index in [4.69, 9.17) is 4.74 Å². The summed E-state index contributed by atoms with van der Waals surface area (Å²) < 4.78 is 7.19. The number of hydrogen-bond donors (Lipinski definition) is 1. The predicted molar refractivity (Wildman–Crippen MR) is 98.1 cm³/mol. The maximum Gasteiger partial charge on any atom is 0.412 e. The second kappa shape index (κ2) is 5.84. The molecule has 3 heterocycles. The minimum atomic E-state index is -0.537. The summed E-state index contributed by atoms with van der Waals surface area (Å²) in [6.45, 7) is 5.56. The number of thiophene rings is 1. The summed E-state index contributed by atoms with van der Waals surface area (Å²) in [4.78, 5) is 18.0. The Hall–Kier alpha value is -2.41. The number of nitrogens with zero attached hydrogens (tertiary/aromatic N) is 3. The molecule has 0 aliphatic heterocycles. The summed E-state index contributed by atoms with van der Waals surface area (Å²) in [6, 6.07) is 6.05. The van der Waals surface area contributed by atoms with Gasteiger partial charge in [0.15, 0.2) is 0 Å². The van der Waals surface area contributed by atoms with Crippen molar-refractivity contribution < 1.29 is 9.53 Å². The van der Waals surface area contributed by atoms with Gasteiger partial charge in [-0.15, -0.1) is 11.3 Å². The lowest BCUT2D eigenvalue weighted by Crippen LogP contribution is -2.27. The fourth-order valence-electron chi connectivity index (χ4n) is 2.72. The number of fused-ring (bicyclic) bond motifs is 1. The molecule has 1 aliphatic rings. The van der Waals surface area contributed by atoms with E-state index in [1.807, 2.05) is 39.1 Å². The van der Waals surface area contributed by atoms with E-state index in [-0.39, 0.29) is 0 Å². The molecule has 3 aromatic rings. The number of nitrogens with one attached hydrogen (secondary N) is 1. The normalized spacial score (nSPS) is 14.7. The lowest BCUT2D eigenvalue weighted by atomic mass is 10.1. The van der Waals surface area contributed by atoms with Crippen LogP contribution in [0.25, 0.3) is 16.8 Å². The van der Waals surface area contributed by atoms with Crippen LogP contribution in [0.15, 0.2) is 30.7 Å². The molecule has 1 N–H and O–H groups in total. The zero-order valence-corrected chi connectivity index (χ0v) is 15.3. The van der Waals surface area contributed by atoms with E-state index in [9.17, 15) is 4.79 Å². The van der Waals surface area contributed by atoms with Crippen molar-refractivity contribution in [3.8, 4) is 11.3 Å². The Balaban J connectivity index is 1.74. The highest BCUT2D eigenvalue weighted by Crippen LogP contribution is 2.48. The lowest BCUT2D eigenvalue weighted by Gasteiger charge is -2.19. The standard InChI is InChI=1S/C18H20N4O2S/c1-18(2,3)24-17(23)21-16-12(9-14(25-16)11-6-7-11)15-13-5-4-8-22(13)20-10-19-15/h4-5,8-11H,6-7H2,1-3H3,(H,21,23). The largest absolute Gasteiger partial charge is 0.444 e.